The summed E-state index contributed by atoms with van der Waals surface area (Å²) in [6.07, 6.45) is 0. The van der Waals surface area contributed by atoms with Crippen LogP contribution < -0.4 is 5.32 Å². The summed E-state index contributed by atoms with van der Waals surface area (Å²) in [6.45, 7) is 2.84. The second-order valence-electron chi connectivity index (χ2n) is 4.04. The Morgan fingerprint density at radius 3 is 2.67 bits per heavy atom. The van der Waals surface area contributed by atoms with Gasteiger partial charge in [-0.15, -0.1) is 0 Å². The summed E-state index contributed by atoms with van der Waals surface area (Å²) in [5.41, 5.74) is 3.46. The maximum Gasteiger partial charge on any atom is 0.0593 e. The van der Waals surface area contributed by atoms with E-state index in [4.69, 9.17) is 11.6 Å². The fraction of sp³-hybridized carbons (Fsp3) is 0.143. The van der Waals surface area contributed by atoms with Crippen molar-refractivity contribution in [2.24, 2.45) is 0 Å². The number of aryl methyl sites for hydroxylation is 1. The first-order valence-corrected chi connectivity index (χ1v) is 7.47. The number of hydrogen-bond acceptors (Lipinski definition) is 1. The van der Waals surface area contributed by atoms with Gasteiger partial charge in [-0.25, -0.2) is 0 Å². The molecule has 0 atom stereocenters. The zero-order chi connectivity index (χ0) is 13.1. The molecule has 18 heavy (non-hydrogen) atoms. The van der Waals surface area contributed by atoms with Crippen molar-refractivity contribution in [3.05, 3.63) is 61.5 Å². The molecule has 1 N–H and O–H groups in total. The molecule has 0 heterocycles. The maximum atomic E-state index is 6.05. The predicted molar refractivity (Wildman–Crippen MR) is 85.4 cm³/mol. The number of rotatable bonds is 3. The van der Waals surface area contributed by atoms with Crippen molar-refractivity contribution >= 4 is 49.1 Å². The van der Waals surface area contributed by atoms with Crippen LogP contribution in [0.15, 0.2) is 45.3 Å². The Hall–Kier alpha value is -0.510. The second-order valence-corrected chi connectivity index (χ2v) is 6.09. The summed E-state index contributed by atoms with van der Waals surface area (Å²) in [6, 6.07) is 12.1. The summed E-state index contributed by atoms with van der Waals surface area (Å²) in [5.74, 6) is 0. The van der Waals surface area contributed by atoms with Crippen LogP contribution in [0.2, 0.25) is 5.02 Å². The molecule has 0 spiro atoms. The van der Waals surface area contributed by atoms with Gasteiger partial charge in [0.2, 0.25) is 0 Å². The molecule has 2 aromatic rings. The van der Waals surface area contributed by atoms with Crippen molar-refractivity contribution in [3.8, 4) is 0 Å². The van der Waals surface area contributed by atoms with E-state index in [1.807, 2.05) is 18.2 Å². The predicted octanol–water partition coefficient (Wildman–Crippen LogP) is 5.79. The van der Waals surface area contributed by atoms with E-state index in [1.54, 1.807) is 0 Å². The van der Waals surface area contributed by atoms with E-state index < -0.39 is 0 Å². The van der Waals surface area contributed by atoms with Crippen LogP contribution in [0.25, 0.3) is 0 Å². The monoisotopic (exact) mass is 387 g/mol. The molecule has 0 bridgehead atoms. The molecule has 1 nitrogen and oxygen atoms in total. The lowest BCUT2D eigenvalue weighted by atomic mass is 10.1. The van der Waals surface area contributed by atoms with Gasteiger partial charge in [-0.2, -0.15) is 0 Å². The third kappa shape index (κ3) is 3.28. The van der Waals surface area contributed by atoms with Crippen LogP contribution in [-0.4, -0.2) is 0 Å². The normalized spacial score (nSPS) is 10.4. The fourth-order valence-electron chi connectivity index (χ4n) is 1.58. The van der Waals surface area contributed by atoms with Gasteiger partial charge in [0.25, 0.3) is 0 Å². The lowest BCUT2D eigenvalue weighted by Crippen LogP contribution is -2.00. The number of halogens is 3. The van der Waals surface area contributed by atoms with E-state index in [2.05, 4.69) is 62.3 Å². The molecule has 0 fully saturated rings. The number of hydrogen-bond donors (Lipinski definition) is 1. The molecular weight excluding hydrogens is 377 g/mol. The molecule has 0 saturated carbocycles. The van der Waals surface area contributed by atoms with Crippen LogP contribution in [0, 0.1) is 6.92 Å². The quantitative estimate of drug-likeness (QED) is 0.701. The standard InChI is InChI=1S/C14H12Br2ClN/c1-9-5-6-10(7-11(9)15)8-18-13-4-2-3-12(17)14(13)16/h2-7,18H,8H2,1H3. The molecular formula is C14H12Br2ClN. The summed E-state index contributed by atoms with van der Waals surface area (Å²) in [7, 11) is 0. The van der Waals surface area contributed by atoms with Gasteiger partial charge in [0, 0.05) is 11.0 Å². The fourth-order valence-corrected chi connectivity index (χ4v) is 2.59. The smallest absolute Gasteiger partial charge is 0.0593 e. The molecule has 0 saturated heterocycles. The van der Waals surface area contributed by atoms with Crippen molar-refractivity contribution in [1.29, 1.82) is 0 Å². The molecule has 0 amide bonds. The summed E-state index contributed by atoms with van der Waals surface area (Å²) >= 11 is 13.1. The minimum absolute atomic E-state index is 0.713. The van der Waals surface area contributed by atoms with E-state index >= 15 is 0 Å². The Kier molecular flexibility index (Phi) is 4.71. The third-order valence-corrected chi connectivity index (χ3v) is 4.92. The first kappa shape index (κ1) is 13.9. The molecule has 4 heteroatoms. The van der Waals surface area contributed by atoms with E-state index in [0.29, 0.717) is 5.02 Å². The summed E-state index contributed by atoms with van der Waals surface area (Å²) < 4.78 is 2.03. The molecule has 0 aliphatic carbocycles. The Labute approximate surface area is 129 Å². The van der Waals surface area contributed by atoms with Crippen molar-refractivity contribution in [3.63, 3.8) is 0 Å². The Balaban J connectivity index is 2.11. The van der Waals surface area contributed by atoms with E-state index in [-0.39, 0.29) is 0 Å². The number of anilines is 1. The SMILES string of the molecule is Cc1ccc(CNc2cccc(Cl)c2Br)cc1Br. The molecule has 2 rings (SSSR count). The van der Waals surface area contributed by atoms with Gasteiger partial charge in [0.05, 0.1) is 15.2 Å². The summed E-state index contributed by atoms with van der Waals surface area (Å²) in [5, 5.41) is 4.08. The Morgan fingerprint density at radius 2 is 1.94 bits per heavy atom. The highest BCUT2D eigenvalue weighted by Crippen LogP contribution is 2.30. The first-order chi connectivity index (χ1) is 8.58. The molecule has 0 aromatic heterocycles. The van der Waals surface area contributed by atoms with Crippen LogP contribution in [-0.2, 0) is 6.54 Å². The van der Waals surface area contributed by atoms with Gasteiger partial charge in [-0.05, 0) is 52.2 Å². The molecule has 94 valence electrons. The number of nitrogens with one attached hydrogen (secondary N) is 1. The van der Waals surface area contributed by atoms with Gasteiger partial charge < -0.3 is 5.32 Å². The van der Waals surface area contributed by atoms with Crippen LogP contribution in [0.5, 0.6) is 0 Å². The highest BCUT2D eigenvalue weighted by Gasteiger charge is 2.03. The van der Waals surface area contributed by atoms with E-state index in [9.17, 15) is 0 Å². The second kappa shape index (κ2) is 6.09. The molecule has 0 unspecified atom stereocenters. The lowest BCUT2D eigenvalue weighted by molar-refractivity contribution is 1.14. The van der Waals surface area contributed by atoms with Gasteiger partial charge in [0.1, 0.15) is 0 Å². The molecule has 0 radical (unpaired) electrons. The highest BCUT2D eigenvalue weighted by molar-refractivity contribution is 9.11. The van der Waals surface area contributed by atoms with E-state index in [1.165, 1.54) is 11.1 Å². The van der Waals surface area contributed by atoms with Crippen LogP contribution >= 0.6 is 43.5 Å². The number of benzene rings is 2. The Bertz CT molecular complexity index is 570. The average molecular weight is 390 g/mol. The summed E-state index contributed by atoms with van der Waals surface area (Å²) in [4.78, 5) is 0. The first-order valence-electron chi connectivity index (χ1n) is 5.51. The minimum Gasteiger partial charge on any atom is -0.380 e. The molecule has 2 aromatic carbocycles. The van der Waals surface area contributed by atoms with Crippen LogP contribution in [0.4, 0.5) is 5.69 Å². The maximum absolute atomic E-state index is 6.05. The topological polar surface area (TPSA) is 12.0 Å². The van der Waals surface area contributed by atoms with Gasteiger partial charge in [-0.1, -0.05) is 45.7 Å². The largest absolute Gasteiger partial charge is 0.380 e. The van der Waals surface area contributed by atoms with Crippen LogP contribution in [0.3, 0.4) is 0 Å². The van der Waals surface area contributed by atoms with Crippen molar-refractivity contribution in [2.75, 3.05) is 5.32 Å². The Morgan fingerprint density at radius 1 is 1.17 bits per heavy atom. The van der Waals surface area contributed by atoms with Crippen molar-refractivity contribution in [1.82, 2.24) is 0 Å². The molecule has 0 aliphatic heterocycles. The molecule has 0 aliphatic rings. The van der Waals surface area contributed by atoms with Crippen LogP contribution in [0.1, 0.15) is 11.1 Å². The van der Waals surface area contributed by atoms with Gasteiger partial charge >= 0.3 is 0 Å². The van der Waals surface area contributed by atoms with Gasteiger partial charge in [0.15, 0.2) is 0 Å². The van der Waals surface area contributed by atoms with Gasteiger partial charge in [-0.3, -0.25) is 0 Å². The third-order valence-electron chi connectivity index (χ3n) is 2.67. The van der Waals surface area contributed by atoms with Crippen molar-refractivity contribution in [2.45, 2.75) is 13.5 Å². The van der Waals surface area contributed by atoms with Crippen molar-refractivity contribution < 1.29 is 0 Å². The zero-order valence-corrected chi connectivity index (χ0v) is 13.7. The van der Waals surface area contributed by atoms with E-state index in [0.717, 1.165) is 21.2 Å². The lowest BCUT2D eigenvalue weighted by Gasteiger charge is -2.10. The average Bonchev–Trinajstić information content (AvgIpc) is 2.35. The highest BCUT2D eigenvalue weighted by atomic mass is 79.9. The minimum atomic E-state index is 0.713. The zero-order valence-electron chi connectivity index (χ0n) is 9.81.